The van der Waals surface area contributed by atoms with Gasteiger partial charge in [-0.25, -0.2) is 8.42 Å². The van der Waals surface area contributed by atoms with Crippen molar-refractivity contribution >= 4 is 27.3 Å². The van der Waals surface area contributed by atoms with Crippen molar-refractivity contribution in [2.24, 2.45) is 0 Å². The number of rotatable bonds is 9. The molecule has 3 aromatic rings. The maximum Gasteiger partial charge on any atom is 0.274 e. The van der Waals surface area contributed by atoms with Crippen LogP contribution in [0.3, 0.4) is 0 Å². The number of benzene rings is 3. The van der Waals surface area contributed by atoms with Gasteiger partial charge in [-0.15, -0.1) is 0 Å². The summed E-state index contributed by atoms with van der Waals surface area (Å²) in [6.07, 6.45) is 0.0784. The van der Waals surface area contributed by atoms with Crippen molar-refractivity contribution in [2.75, 3.05) is 12.4 Å². The molecule has 0 aliphatic heterocycles. The average Bonchev–Trinajstić information content (AvgIpc) is 2.80. The molecule has 0 fully saturated rings. The van der Waals surface area contributed by atoms with Crippen molar-refractivity contribution in [1.82, 2.24) is 4.72 Å². The maximum atomic E-state index is 13.2. The molecule has 3 rings (SSSR count). The minimum Gasteiger partial charge on any atom is -0.496 e. The normalized spacial score (nSPS) is 12.1. The van der Waals surface area contributed by atoms with Gasteiger partial charge in [0.15, 0.2) is 0 Å². The Bertz CT molecular complexity index is 1310. The molecule has 2 N–H and O–H groups in total. The molecule has 0 aromatic heterocycles. The van der Waals surface area contributed by atoms with Gasteiger partial charge in [-0.1, -0.05) is 36.4 Å². The molecule has 0 unspecified atom stereocenters. The van der Waals surface area contributed by atoms with E-state index in [2.05, 4.69) is 10.0 Å². The molecule has 0 spiro atoms. The van der Waals surface area contributed by atoms with E-state index in [1.165, 1.54) is 44.4 Å². The van der Waals surface area contributed by atoms with Crippen LogP contribution in [-0.2, 0) is 21.2 Å². The highest BCUT2D eigenvalue weighted by molar-refractivity contribution is 7.89. The van der Waals surface area contributed by atoms with Crippen molar-refractivity contribution in [3.63, 3.8) is 0 Å². The highest BCUT2D eigenvalue weighted by Gasteiger charge is 2.27. The molecule has 0 aliphatic rings. The summed E-state index contributed by atoms with van der Waals surface area (Å²) in [5, 5.41) is 13.9. The molecule has 0 radical (unpaired) electrons. The number of carbonyl (C=O) groups is 1. The van der Waals surface area contributed by atoms with E-state index in [-0.39, 0.29) is 28.3 Å². The molecule has 1 atom stereocenters. The average molecular weight is 484 g/mol. The van der Waals surface area contributed by atoms with Crippen molar-refractivity contribution in [3.05, 3.63) is 93.5 Å². The number of nitrogens with one attached hydrogen (secondary N) is 2. The molecule has 0 aliphatic carbocycles. The predicted octanol–water partition coefficient (Wildman–Crippen LogP) is 3.75. The number of methoxy groups -OCH3 is 1. The number of nitro groups is 1. The quantitative estimate of drug-likeness (QED) is 0.352. The molecule has 0 saturated carbocycles. The molecule has 10 heteroatoms. The van der Waals surface area contributed by atoms with E-state index in [0.29, 0.717) is 11.3 Å². The van der Waals surface area contributed by atoms with Gasteiger partial charge in [-0.05, 0) is 55.7 Å². The summed E-state index contributed by atoms with van der Waals surface area (Å²) in [7, 11) is -2.58. The first-order chi connectivity index (χ1) is 16.1. The van der Waals surface area contributed by atoms with E-state index in [1.54, 1.807) is 37.3 Å². The van der Waals surface area contributed by atoms with Crippen molar-refractivity contribution in [2.45, 2.75) is 31.2 Å². The standard InChI is InChI=1S/C24H25N3O6S/c1-16-14-19(12-13-23(16)33-3)34(31,32)26-21(15-18-8-5-4-6-9-18)24(28)25-20-10-7-11-22(17(20)2)27(29)30/h4-14,21,26H,15H2,1-3H3,(H,25,28)/t21-/m0/s1. The lowest BCUT2D eigenvalue weighted by molar-refractivity contribution is -0.385. The lowest BCUT2D eigenvalue weighted by Crippen LogP contribution is -2.45. The van der Waals surface area contributed by atoms with E-state index in [0.717, 1.165) is 5.56 Å². The number of hydrogen-bond donors (Lipinski definition) is 2. The fourth-order valence-corrected chi connectivity index (χ4v) is 4.77. The van der Waals surface area contributed by atoms with Crippen LogP contribution in [-0.4, -0.2) is 32.4 Å². The van der Waals surface area contributed by atoms with Gasteiger partial charge in [-0.2, -0.15) is 4.72 Å². The molecular formula is C24H25N3O6S. The number of anilines is 1. The minimum absolute atomic E-state index is 0.0109. The van der Waals surface area contributed by atoms with Crippen LogP contribution in [0.1, 0.15) is 16.7 Å². The highest BCUT2D eigenvalue weighted by atomic mass is 32.2. The predicted molar refractivity (Wildman–Crippen MR) is 128 cm³/mol. The Morgan fingerprint density at radius 2 is 1.76 bits per heavy atom. The number of ether oxygens (including phenoxy) is 1. The number of hydrogen-bond acceptors (Lipinski definition) is 6. The Morgan fingerprint density at radius 1 is 1.06 bits per heavy atom. The van der Waals surface area contributed by atoms with Crippen LogP contribution >= 0.6 is 0 Å². The van der Waals surface area contributed by atoms with Gasteiger partial charge in [0, 0.05) is 6.07 Å². The zero-order valence-electron chi connectivity index (χ0n) is 18.9. The van der Waals surface area contributed by atoms with E-state index in [4.69, 9.17) is 4.74 Å². The number of amides is 1. The SMILES string of the molecule is COc1ccc(S(=O)(=O)N[C@@H](Cc2ccccc2)C(=O)Nc2cccc([N+](=O)[O-])c2C)cc1C. The van der Waals surface area contributed by atoms with Crippen LogP contribution < -0.4 is 14.8 Å². The molecule has 178 valence electrons. The van der Waals surface area contributed by atoms with Gasteiger partial charge in [0.25, 0.3) is 5.69 Å². The number of nitro benzene ring substituents is 1. The third-order valence-electron chi connectivity index (χ3n) is 5.33. The summed E-state index contributed by atoms with van der Waals surface area (Å²) in [6, 6.07) is 16.5. The summed E-state index contributed by atoms with van der Waals surface area (Å²) in [6.45, 7) is 3.24. The third-order valence-corrected chi connectivity index (χ3v) is 6.80. The second-order valence-electron chi connectivity index (χ2n) is 7.69. The second kappa shape index (κ2) is 10.4. The molecule has 0 heterocycles. The molecule has 0 saturated heterocycles. The van der Waals surface area contributed by atoms with Crippen LogP contribution in [0.2, 0.25) is 0 Å². The molecule has 3 aromatic carbocycles. The fraction of sp³-hybridized carbons (Fsp3) is 0.208. The zero-order chi connectivity index (χ0) is 24.9. The van der Waals surface area contributed by atoms with Gasteiger partial charge >= 0.3 is 0 Å². The molecule has 1 amide bonds. The monoisotopic (exact) mass is 483 g/mol. The Labute approximate surface area is 198 Å². The molecule has 34 heavy (non-hydrogen) atoms. The first-order valence-electron chi connectivity index (χ1n) is 10.4. The Morgan fingerprint density at radius 3 is 2.38 bits per heavy atom. The van der Waals surface area contributed by atoms with Crippen LogP contribution in [0, 0.1) is 24.0 Å². The molecule has 0 bridgehead atoms. The van der Waals surface area contributed by atoms with Crippen molar-refractivity contribution in [3.8, 4) is 5.75 Å². The molecule has 9 nitrogen and oxygen atoms in total. The van der Waals surface area contributed by atoms with Crippen LogP contribution in [0.25, 0.3) is 0 Å². The van der Waals surface area contributed by atoms with Gasteiger partial charge in [0.2, 0.25) is 15.9 Å². The Hall–Kier alpha value is -3.76. The smallest absolute Gasteiger partial charge is 0.274 e. The third kappa shape index (κ3) is 5.77. The first kappa shape index (κ1) is 24.9. The lowest BCUT2D eigenvalue weighted by atomic mass is 10.1. The summed E-state index contributed by atoms with van der Waals surface area (Å²) in [4.78, 5) is 23.9. The largest absolute Gasteiger partial charge is 0.496 e. The van der Waals surface area contributed by atoms with Crippen LogP contribution in [0.5, 0.6) is 5.75 Å². The van der Waals surface area contributed by atoms with E-state index in [1.807, 2.05) is 6.07 Å². The minimum atomic E-state index is -4.07. The lowest BCUT2D eigenvalue weighted by Gasteiger charge is -2.20. The number of sulfonamides is 1. The fourth-order valence-electron chi connectivity index (χ4n) is 3.49. The number of nitrogens with zero attached hydrogens (tertiary/aromatic N) is 1. The summed E-state index contributed by atoms with van der Waals surface area (Å²) in [5.41, 5.74) is 1.73. The van der Waals surface area contributed by atoms with E-state index in [9.17, 15) is 23.3 Å². The molecular weight excluding hydrogens is 458 g/mol. The Balaban J connectivity index is 1.92. The summed E-state index contributed by atoms with van der Waals surface area (Å²) >= 11 is 0. The summed E-state index contributed by atoms with van der Waals surface area (Å²) < 4.78 is 33.9. The van der Waals surface area contributed by atoms with E-state index < -0.39 is 26.9 Å². The van der Waals surface area contributed by atoms with Gasteiger partial charge < -0.3 is 10.1 Å². The summed E-state index contributed by atoms with van der Waals surface area (Å²) in [5.74, 6) is -0.0973. The van der Waals surface area contributed by atoms with Gasteiger partial charge in [-0.3, -0.25) is 14.9 Å². The maximum absolute atomic E-state index is 13.2. The van der Waals surface area contributed by atoms with E-state index >= 15 is 0 Å². The van der Waals surface area contributed by atoms with Crippen LogP contribution in [0.15, 0.2) is 71.6 Å². The van der Waals surface area contributed by atoms with Crippen molar-refractivity contribution in [1.29, 1.82) is 0 Å². The zero-order valence-corrected chi connectivity index (χ0v) is 19.8. The van der Waals surface area contributed by atoms with Crippen LogP contribution in [0.4, 0.5) is 11.4 Å². The Kier molecular flexibility index (Phi) is 7.64. The number of carbonyl (C=O) groups excluding carboxylic acids is 1. The van der Waals surface area contributed by atoms with Crippen molar-refractivity contribution < 1.29 is 22.9 Å². The first-order valence-corrected chi connectivity index (χ1v) is 11.9. The topological polar surface area (TPSA) is 128 Å². The number of aryl methyl sites for hydroxylation is 1. The second-order valence-corrected chi connectivity index (χ2v) is 9.41. The van der Waals surface area contributed by atoms with Gasteiger partial charge in [0.05, 0.1) is 28.2 Å². The highest BCUT2D eigenvalue weighted by Crippen LogP contribution is 2.26. The van der Waals surface area contributed by atoms with Gasteiger partial charge in [0.1, 0.15) is 11.8 Å².